The van der Waals surface area contributed by atoms with Crippen LogP contribution in [0.4, 0.5) is 16.2 Å². The van der Waals surface area contributed by atoms with Gasteiger partial charge in [0.1, 0.15) is 24.0 Å². The molecule has 0 saturated carbocycles. The van der Waals surface area contributed by atoms with Gasteiger partial charge in [-0.25, -0.2) is 34.0 Å². The van der Waals surface area contributed by atoms with Gasteiger partial charge in [-0.2, -0.15) is 5.10 Å². The molecule has 8 rings (SSSR count). The number of hydrogen-bond donors (Lipinski definition) is 1. The molecule has 1 N–H and O–H groups in total. The highest BCUT2D eigenvalue weighted by atomic mass is 19.1. The van der Waals surface area contributed by atoms with Gasteiger partial charge in [-0.15, -0.1) is 0 Å². The number of amides is 1. The summed E-state index contributed by atoms with van der Waals surface area (Å²) in [6.45, 7) is 5.58. The Labute approximate surface area is 263 Å². The Kier molecular flexibility index (Phi) is 6.66. The maximum absolute atomic E-state index is 14.1. The van der Waals surface area contributed by atoms with Crippen LogP contribution in [0.1, 0.15) is 18.4 Å². The molecule has 1 saturated heterocycles. The molecule has 6 heterocycles. The van der Waals surface area contributed by atoms with Gasteiger partial charge in [0.15, 0.2) is 5.65 Å². The largest absolute Gasteiger partial charge is 0.350 e. The van der Waals surface area contributed by atoms with E-state index < -0.39 is 6.04 Å². The lowest BCUT2D eigenvalue weighted by atomic mass is 10.1. The normalized spacial score (nSPS) is 18.4. The molecule has 2 aliphatic rings. The van der Waals surface area contributed by atoms with E-state index in [0.717, 1.165) is 28.7 Å². The van der Waals surface area contributed by atoms with Crippen molar-refractivity contribution in [2.45, 2.75) is 31.5 Å². The summed E-state index contributed by atoms with van der Waals surface area (Å²) < 4.78 is 17.8. The second-order valence-corrected chi connectivity index (χ2v) is 11.6. The predicted octanol–water partition coefficient (Wildman–Crippen LogP) is 4.33. The maximum Gasteiger partial charge on any atom is 0.245 e. The Morgan fingerprint density at radius 3 is 2.89 bits per heavy atom. The van der Waals surface area contributed by atoms with Gasteiger partial charge in [0.25, 0.3) is 0 Å². The summed E-state index contributed by atoms with van der Waals surface area (Å²) in [6, 6.07) is 11.7. The molecule has 0 aliphatic carbocycles. The van der Waals surface area contributed by atoms with Gasteiger partial charge in [-0.1, -0.05) is 24.8 Å². The van der Waals surface area contributed by atoms with Crippen LogP contribution in [-0.4, -0.2) is 82.3 Å². The minimum atomic E-state index is -0.496. The van der Waals surface area contributed by atoms with Crippen molar-refractivity contribution in [1.82, 2.24) is 44.2 Å². The lowest BCUT2D eigenvalue weighted by Crippen LogP contribution is -2.45. The number of hydrogen-bond acceptors (Lipinski definition) is 9. The Morgan fingerprint density at radius 2 is 2.00 bits per heavy atom. The SMILES string of the molecule is C=Cc1cc(F)ccc1-n1ncc2c(N3C[C@@H]4C[C@H]3C(=O)N(C)CCCn3cnc5cccc(c53)-c3ccnc(n3)N4)ncnc21. The number of benzene rings is 2. The topological polar surface area (TPSA) is 123 Å². The van der Waals surface area contributed by atoms with Crippen LogP contribution >= 0.6 is 0 Å². The number of fused-ring (bicyclic) bond motifs is 6. The number of aryl methyl sites for hydroxylation is 1. The van der Waals surface area contributed by atoms with E-state index in [1.165, 1.54) is 18.5 Å². The third-order valence-corrected chi connectivity index (χ3v) is 8.81. The Hall–Kier alpha value is -5.72. The van der Waals surface area contributed by atoms with Gasteiger partial charge in [0.05, 0.1) is 40.3 Å². The number of anilines is 2. The van der Waals surface area contributed by atoms with E-state index in [-0.39, 0.29) is 17.8 Å². The number of nitrogens with zero attached hydrogens (tertiary/aromatic N) is 10. The fraction of sp³-hybridized carbons (Fsp3) is 0.242. The number of carbonyl (C=O) groups excluding carboxylic acids is 1. The number of rotatable bonds is 3. The second kappa shape index (κ2) is 11.0. The van der Waals surface area contributed by atoms with E-state index >= 15 is 0 Å². The molecule has 0 spiro atoms. The summed E-state index contributed by atoms with van der Waals surface area (Å²) >= 11 is 0. The predicted molar refractivity (Wildman–Crippen MR) is 173 cm³/mol. The van der Waals surface area contributed by atoms with Crippen molar-refractivity contribution in [3.8, 4) is 16.9 Å². The van der Waals surface area contributed by atoms with Gasteiger partial charge in [0.2, 0.25) is 11.9 Å². The summed E-state index contributed by atoms with van der Waals surface area (Å²) in [5.74, 6) is 0.710. The van der Waals surface area contributed by atoms with Crippen molar-refractivity contribution in [3.05, 3.63) is 85.5 Å². The third kappa shape index (κ3) is 4.62. The van der Waals surface area contributed by atoms with Crippen LogP contribution in [0.25, 0.3) is 45.1 Å². The summed E-state index contributed by atoms with van der Waals surface area (Å²) in [4.78, 5) is 41.2. The smallest absolute Gasteiger partial charge is 0.245 e. The fourth-order valence-electron chi connectivity index (χ4n) is 6.63. The molecular formula is C33H30FN11O. The van der Waals surface area contributed by atoms with E-state index in [1.807, 2.05) is 36.5 Å². The van der Waals surface area contributed by atoms with Crippen LogP contribution in [-0.2, 0) is 11.3 Å². The van der Waals surface area contributed by atoms with Crippen molar-refractivity contribution < 1.29 is 9.18 Å². The zero-order valence-electron chi connectivity index (χ0n) is 25.1. The molecular weight excluding hydrogens is 585 g/mol. The Bertz CT molecular complexity index is 2140. The van der Waals surface area contributed by atoms with Crippen molar-refractivity contribution in [2.75, 3.05) is 30.4 Å². The fourth-order valence-corrected chi connectivity index (χ4v) is 6.63. The van der Waals surface area contributed by atoms with Crippen LogP contribution in [0.15, 0.2) is 74.1 Å². The maximum atomic E-state index is 14.1. The number of nitrogens with one attached hydrogen (secondary N) is 1. The monoisotopic (exact) mass is 615 g/mol. The van der Waals surface area contributed by atoms with Crippen LogP contribution < -0.4 is 10.2 Å². The molecule has 1 fully saturated rings. The average molecular weight is 616 g/mol. The zero-order chi connectivity index (χ0) is 31.4. The van der Waals surface area contributed by atoms with Gasteiger partial charge in [0, 0.05) is 50.0 Å². The Balaban J connectivity index is 1.19. The van der Waals surface area contributed by atoms with Crippen molar-refractivity contribution >= 4 is 45.8 Å². The van der Waals surface area contributed by atoms with E-state index in [4.69, 9.17) is 4.98 Å². The molecule has 0 radical (unpaired) electrons. The molecule has 46 heavy (non-hydrogen) atoms. The molecule has 6 aromatic rings. The summed E-state index contributed by atoms with van der Waals surface area (Å²) in [5.41, 5.74) is 5.45. The quantitative estimate of drug-likeness (QED) is 0.310. The first-order chi connectivity index (χ1) is 22.5. The first kappa shape index (κ1) is 27.8. The molecule has 4 bridgehead atoms. The van der Waals surface area contributed by atoms with E-state index in [9.17, 15) is 9.18 Å². The summed E-state index contributed by atoms with van der Waals surface area (Å²) in [7, 11) is 1.85. The number of halogens is 1. The van der Waals surface area contributed by atoms with Gasteiger partial charge in [-0.3, -0.25) is 4.79 Å². The van der Waals surface area contributed by atoms with Crippen molar-refractivity contribution in [2.24, 2.45) is 0 Å². The lowest BCUT2D eigenvalue weighted by Gasteiger charge is -2.29. The van der Waals surface area contributed by atoms with Gasteiger partial charge in [-0.05, 0) is 43.2 Å². The average Bonchev–Trinajstić information content (AvgIpc) is 3.81. The lowest BCUT2D eigenvalue weighted by molar-refractivity contribution is -0.131. The van der Waals surface area contributed by atoms with Crippen molar-refractivity contribution in [1.29, 1.82) is 0 Å². The Morgan fingerprint density at radius 1 is 1.09 bits per heavy atom. The molecule has 2 atom stereocenters. The molecule has 4 aromatic heterocycles. The van der Waals surface area contributed by atoms with Crippen LogP contribution in [0.5, 0.6) is 0 Å². The number of imidazole rings is 1. The second-order valence-electron chi connectivity index (χ2n) is 11.6. The van der Waals surface area contributed by atoms with E-state index in [2.05, 4.69) is 47.6 Å². The molecule has 12 nitrogen and oxygen atoms in total. The number of aromatic nitrogens is 8. The molecule has 230 valence electrons. The van der Waals surface area contributed by atoms with Gasteiger partial charge < -0.3 is 19.7 Å². The zero-order valence-corrected chi connectivity index (χ0v) is 25.1. The number of para-hydroxylation sites is 1. The molecule has 2 aliphatic heterocycles. The van der Waals surface area contributed by atoms with Crippen LogP contribution in [0.2, 0.25) is 0 Å². The molecule has 2 aromatic carbocycles. The number of carbonyl (C=O) groups is 1. The minimum absolute atomic E-state index is 0.00310. The van der Waals surface area contributed by atoms with Crippen LogP contribution in [0, 0.1) is 5.82 Å². The summed E-state index contributed by atoms with van der Waals surface area (Å²) in [6.07, 6.45) is 9.62. The van der Waals surface area contributed by atoms with E-state index in [0.29, 0.717) is 60.1 Å². The first-order valence-electron chi connectivity index (χ1n) is 15.1. The third-order valence-electron chi connectivity index (χ3n) is 8.81. The minimum Gasteiger partial charge on any atom is -0.350 e. The standard InChI is InChI=1S/C33H30FN11O/c1-3-20-14-21(34)8-9-27(20)45-31-24(16-39-45)30(36-18-37-31)44-17-22-15-28(44)32(46)42(2)12-5-13-43-19-38-26-7-4-6-23(29(26)43)25-10-11-35-33(40-22)41-25/h3-4,6-11,14,16,18-19,22,28H,1,5,12-13,15,17H2,2H3,(H,35,40,41)/t22-,28-/m0/s1. The molecule has 1 amide bonds. The van der Waals surface area contributed by atoms with E-state index in [1.54, 1.807) is 34.1 Å². The first-order valence-corrected chi connectivity index (χ1v) is 15.1. The summed E-state index contributed by atoms with van der Waals surface area (Å²) in [5, 5.41) is 8.78. The highest BCUT2D eigenvalue weighted by Crippen LogP contribution is 2.34. The van der Waals surface area contributed by atoms with Crippen molar-refractivity contribution in [3.63, 3.8) is 0 Å². The van der Waals surface area contributed by atoms with Crippen LogP contribution in [0.3, 0.4) is 0 Å². The highest BCUT2D eigenvalue weighted by molar-refractivity contribution is 5.93. The molecule has 0 unspecified atom stereocenters. The molecule has 13 heteroatoms. The van der Waals surface area contributed by atoms with Gasteiger partial charge >= 0.3 is 0 Å². The highest BCUT2D eigenvalue weighted by Gasteiger charge is 2.40. The number of likely N-dealkylation sites (N-methyl/N-ethyl adjacent to an activating group) is 1.